The van der Waals surface area contributed by atoms with Crippen LogP contribution in [0.2, 0.25) is 0 Å². The minimum absolute atomic E-state index is 0.387. The average Bonchev–Trinajstić information content (AvgIpc) is 3.22. The van der Waals surface area contributed by atoms with Gasteiger partial charge in [0.25, 0.3) is 5.91 Å². The number of amides is 4. The summed E-state index contributed by atoms with van der Waals surface area (Å²) < 4.78 is 0. The van der Waals surface area contributed by atoms with Gasteiger partial charge >= 0.3 is 6.03 Å². The van der Waals surface area contributed by atoms with Gasteiger partial charge in [0.05, 0.1) is 0 Å². The molecule has 2 aromatic rings. The van der Waals surface area contributed by atoms with Crippen LogP contribution in [0.25, 0.3) is 0 Å². The number of nitrogens with one attached hydrogen (secondary N) is 2. The van der Waals surface area contributed by atoms with Crippen LogP contribution >= 0.6 is 11.3 Å². The molecule has 0 unspecified atom stereocenters. The highest BCUT2D eigenvalue weighted by Gasteiger charge is 2.44. The first-order valence-electron chi connectivity index (χ1n) is 8.00. The van der Waals surface area contributed by atoms with Crippen LogP contribution in [-0.4, -0.2) is 33.8 Å². The number of urea groups is 1. The SMILES string of the molecule is CCC[C@H](C(=O)Nc1nccs1)N1C(=O)N[C@@H](c2ccccc2)C1=O. The van der Waals surface area contributed by atoms with Gasteiger partial charge in [-0.25, -0.2) is 14.7 Å². The van der Waals surface area contributed by atoms with Crippen LogP contribution in [0.5, 0.6) is 0 Å². The quantitative estimate of drug-likeness (QED) is 0.776. The normalized spacial score (nSPS) is 18.1. The van der Waals surface area contributed by atoms with E-state index in [1.165, 1.54) is 11.3 Å². The molecule has 2 N–H and O–H groups in total. The molecule has 0 aliphatic carbocycles. The van der Waals surface area contributed by atoms with Gasteiger partial charge in [-0.05, 0) is 12.0 Å². The number of rotatable bonds is 6. The van der Waals surface area contributed by atoms with Gasteiger partial charge in [-0.3, -0.25) is 9.59 Å². The number of nitrogens with zero attached hydrogens (tertiary/aromatic N) is 2. The third-order valence-corrected chi connectivity index (χ3v) is 4.63. The molecular weight excluding hydrogens is 340 g/mol. The standard InChI is InChI=1S/C17H18N4O3S/c1-2-6-12(14(22)20-16-18-9-10-25-16)21-15(23)13(19-17(21)24)11-7-4-3-5-8-11/h3-5,7-10,12-13H,2,6H2,1H3,(H,19,24)(H,18,20,22)/t12-,13+/m1/s1. The van der Waals surface area contributed by atoms with Crippen LogP contribution < -0.4 is 10.6 Å². The summed E-state index contributed by atoms with van der Waals surface area (Å²) in [6, 6.07) is 6.81. The Hall–Kier alpha value is -2.74. The minimum Gasteiger partial charge on any atom is -0.322 e. The van der Waals surface area contributed by atoms with E-state index in [0.717, 1.165) is 4.90 Å². The van der Waals surface area contributed by atoms with Crippen LogP contribution in [0, 0.1) is 0 Å². The number of carbonyl (C=O) groups excluding carboxylic acids is 3. The number of anilines is 1. The topological polar surface area (TPSA) is 91.4 Å². The lowest BCUT2D eigenvalue weighted by atomic mass is 10.1. The van der Waals surface area contributed by atoms with Crippen LogP contribution in [0.3, 0.4) is 0 Å². The predicted octanol–water partition coefficient (Wildman–Crippen LogP) is 2.54. The molecule has 2 atom stereocenters. The summed E-state index contributed by atoms with van der Waals surface area (Å²) in [5, 5.41) is 7.52. The van der Waals surface area contributed by atoms with Gasteiger partial charge in [0.15, 0.2) is 5.13 Å². The predicted molar refractivity (Wildman–Crippen MR) is 94.0 cm³/mol. The number of hydrogen-bond acceptors (Lipinski definition) is 5. The van der Waals surface area contributed by atoms with E-state index in [1.807, 2.05) is 13.0 Å². The van der Waals surface area contributed by atoms with Gasteiger partial charge < -0.3 is 10.6 Å². The van der Waals surface area contributed by atoms with Gasteiger partial charge in [0.1, 0.15) is 12.1 Å². The molecule has 1 aromatic carbocycles. The van der Waals surface area contributed by atoms with Crippen molar-refractivity contribution in [3.8, 4) is 0 Å². The summed E-state index contributed by atoms with van der Waals surface area (Å²) in [5.74, 6) is -0.821. The lowest BCUT2D eigenvalue weighted by molar-refractivity contribution is -0.134. The first-order valence-corrected chi connectivity index (χ1v) is 8.88. The molecule has 0 bridgehead atoms. The van der Waals surface area contributed by atoms with E-state index in [9.17, 15) is 14.4 Å². The molecule has 25 heavy (non-hydrogen) atoms. The molecule has 3 rings (SSSR count). The maximum Gasteiger partial charge on any atom is 0.325 e. The van der Waals surface area contributed by atoms with Crippen LogP contribution in [0.1, 0.15) is 31.4 Å². The van der Waals surface area contributed by atoms with Crippen molar-refractivity contribution < 1.29 is 14.4 Å². The van der Waals surface area contributed by atoms with Crippen molar-refractivity contribution in [1.29, 1.82) is 0 Å². The van der Waals surface area contributed by atoms with E-state index < -0.39 is 29.9 Å². The van der Waals surface area contributed by atoms with Crippen molar-refractivity contribution in [3.63, 3.8) is 0 Å². The second-order valence-corrected chi connectivity index (χ2v) is 6.53. The molecule has 1 aromatic heterocycles. The molecule has 0 radical (unpaired) electrons. The fraction of sp³-hybridized carbons (Fsp3) is 0.294. The highest BCUT2D eigenvalue weighted by atomic mass is 32.1. The molecule has 4 amide bonds. The molecule has 1 saturated heterocycles. The Morgan fingerprint density at radius 1 is 1.36 bits per heavy atom. The zero-order valence-electron chi connectivity index (χ0n) is 13.6. The molecule has 1 fully saturated rings. The molecular formula is C17H18N4O3S. The number of benzene rings is 1. The largest absolute Gasteiger partial charge is 0.325 e. The van der Waals surface area contributed by atoms with E-state index in [4.69, 9.17) is 0 Å². The summed E-state index contributed by atoms with van der Waals surface area (Å²) in [6.45, 7) is 1.90. The molecule has 0 saturated carbocycles. The van der Waals surface area contributed by atoms with Gasteiger partial charge in [-0.1, -0.05) is 43.7 Å². The van der Waals surface area contributed by atoms with E-state index in [0.29, 0.717) is 23.5 Å². The van der Waals surface area contributed by atoms with Crippen molar-refractivity contribution in [3.05, 3.63) is 47.5 Å². The molecule has 130 valence electrons. The molecule has 1 aliphatic heterocycles. The highest BCUT2D eigenvalue weighted by molar-refractivity contribution is 7.13. The third-order valence-electron chi connectivity index (χ3n) is 3.94. The van der Waals surface area contributed by atoms with Crippen molar-refractivity contribution in [2.45, 2.75) is 31.8 Å². The zero-order chi connectivity index (χ0) is 17.8. The first-order chi connectivity index (χ1) is 12.1. The Bertz CT molecular complexity index is 763. The van der Waals surface area contributed by atoms with E-state index in [1.54, 1.807) is 35.8 Å². The second kappa shape index (κ2) is 7.43. The van der Waals surface area contributed by atoms with Gasteiger partial charge in [0, 0.05) is 11.6 Å². The fourth-order valence-corrected chi connectivity index (χ4v) is 3.32. The number of carbonyl (C=O) groups is 3. The van der Waals surface area contributed by atoms with Crippen molar-refractivity contribution in [2.75, 3.05) is 5.32 Å². The van der Waals surface area contributed by atoms with Crippen molar-refractivity contribution in [1.82, 2.24) is 15.2 Å². The highest BCUT2D eigenvalue weighted by Crippen LogP contribution is 2.25. The first kappa shape index (κ1) is 17.1. The molecule has 0 spiro atoms. The summed E-state index contributed by atoms with van der Waals surface area (Å²) >= 11 is 1.28. The summed E-state index contributed by atoms with van der Waals surface area (Å²) in [4.78, 5) is 42.8. The smallest absolute Gasteiger partial charge is 0.322 e. The van der Waals surface area contributed by atoms with Crippen LogP contribution in [0.15, 0.2) is 41.9 Å². The Balaban J connectivity index is 1.82. The van der Waals surface area contributed by atoms with Crippen LogP contribution in [0.4, 0.5) is 9.93 Å². The van der Waals surface area contributed by atoms with E-state index >= 15 is 0 Å². The lowest BCUT2D eigenvalue weighted by Crippen LogP contribution is -2.47. The Labute approximate surface area is 149 Å². The van der Waals surface area contributed by atoms with Gasteiger partial charge in [-0.2, -0.15) is 0 Å². The lowest BCUT2D eigenvalue weighted by Gasteiger charge is -2.23. The Morgan fingerprint density at radius 3 is 2.76 bits per heavy atom. The number of aromatic nitrogens is 1. The summed E-state index contributed by atoms with van der Waals surface area (Å²) in [6.07, 6.45) is 2.62. The van der Waals surface area contributed by atoms with Crippen molar-refractivity contribution in [2.24, 2.45) is 0 Å². The molecule has 1 aliphatic rings. The van der Waals surface area contributed by atoms with E-state index in [2.05, 4.69) is 15.6 Å². The summed E-state index contributed by atoms with van der Waals surface area (Å²) in [5.41, 5.74) is 0.693. The zero-order valence-corrected chi connectivity index (χ0v) is 14.5. The number of imide groups is 1. The minimum atomic E-state index is -0.866. The maximum absolute atomic E-state index is 12.8. The molecule has 8 heteroatoms. The number of hydrogen-bond donors (Lipinski definition) is 2. The molecule has 7 nitrogen and oxygen atoms in total. The third kappa shape index (κ3) is 3.53. The summed E-state index contributed by atoms with van der Waals surface area (Å²) in [7, 11) is 0. The monoisotopic (exact) mass is 358 g/mol. The Morgan fingerprint density at radius 2 is 2.12 bits per heavy atom. The molecule has 2 heterocycles. The van der Waals surface area contributed by atoms with Gasteiger partial charge in [0.2, 0.25) is 5.91 Å². The maximum atomic E-state index is 12.8. The average molecular weight is 358 g/mol. The number of thiazole rings is 1. The van der Waals surface area contributed by atoms with Crippen LogP contribution in [-0.2, 0) is 9.59 Å². The van der Waals surface area contributed by atoms with Crippen molar-refractivity contribution >= 4 is 34.3 Å². The second-order valence-electron chi connectivity index (χ2n) is 5.63. The fourth-order valence-electron chi connectivity index (χ4n) is 2.79. The van der Waals surface area contributed by atoms with Gasteiger partial charge in [-0.15, -0.1) is 11.3 Å². The van der Waals surface area contributed by atoms with E-state index in [-0.39, 0.29) is 0 Å². The Kier molecular flexibility index (Phi) is 5.08.